The van der Waals surface area contributed by atoms with Crippen molar-refractivity contribution in [2.24, 2.45) is 17.0 Å². The fourth-order valence-corrected chi connectivity index (χ4v) is 1.13. The predicted molar refractivity (Wildman–Crippen MR) is 38.5 cm³/mol. The summed E-state index contributed by atoms with van der Waals surface area (Å²) >= 11 is 0. The molecule has 1 fully saturated rings. The van der Waals surface area contributed by atoms with Crippen molar-refractivity contribution in [3.05, 3.63) is 0 Å². The smallest absolute Gasteiger partial charge is 0.308 e. The van der Waals surface area contributed by atoms with Crippen molar-refractivity contribution in [2.75, 3.05) is 7.11 Å². The highest BCUT2D eigenvalue weighted by atomic mass is 16.5. The first kappa shape index (κ1) is 8.04. The van der Waals surface area contributed by atoms with Crippen LogP contribution in [0.25, 0.3) is 0 Å². The van der Waals surface area contributed by atoms with Crippen LogP contribution in [0.2, 0.25) is 0 Å². The number of hydrogen-bond acceptors (Lipinski definition) is 4. The Hall–Kier alpha value is -1.06. The molecule has 0 aromatic heterocycles. The second kappa shape index (κ2) is 3.37. The molecule has 0 amide bonds. The normalized spacial score (nSPS) is 28.8. The number of hydrogen-bond donors (Lipinski definition) is 1. The van der Waals surface area contributed by atoms with Gasteiger partial charge >= 0.3 is 5.97 Å². The largest absolute Gasteiger partial charge is 0.469 e. The molecule has 11 heavy (non-hydrogen) atoms. The quantitative estimate of drug-likeness (QED) is 0.283. The van der Waals surface area contributed by atoms with Gasteiger partial charge < -0.3 is 9.94 Å². The number of esters is 1. The van der Waals surface area contributed by atoms with Crippen LogP contribution in [0.15, 0.2) is 5.16 Å². The number of methoxy groups -OCH3 is 1. The third-order valence-corrected chi connectivity index (χ3v) is 1.92. The minimum atomic E-state index is -0.152. The molecule has 62 valence electrons. The van der Waals surface area contributed by atoms with Crippen LogP contribution in [0.1, 0.15) is 12.8 Å². The van der Waals surface area contributed by atoms with Gasteiger partial charge in [-0.25, -0.2) is 0 Å². The van der Waals surface area contributed by atoms with Gasteiger partial charge in [0.1, 0.15) is 0 Å². The van der Waals surface area contributed by atoms with Crippen molar-refractivity contribution in [1.82, 2.24) is 0 Å². The molecule has 1 saturated carbocycles. The van der Waals surface area contributed by atoms with E-state index >= 15 is 0 Å². The van der Waals surface area contributed by atoms with Crippen LogP contribution in [-0.4, -0.2) is 24.5 Å². The first-order chi connectivity index (χ1) is 5.29. The lowest BCUT2D eigenvalue weighted by Crippen LogP contribution is -2.04. The van der Waals surface area contributed by atoms with E-state index in [0.29, 0.717) is 12.3 Å². The number of carbonyl (C=O) groups excluding carboxylic acids is 1. The van der Waals surface area contributed by atoms with Crippen LogP contribution in [0.3, 0.4) is 0 Å². The molecule has 0 spiro atoms. The molecule has 0 radical (unpaired) electrons. The molecule has 2 unspecified atom stereocenters. The highest BCUT2D eigenvalue weighted by molar-refractivity contribution is 5.76. The van der Waals surface area contributed by atoms with E-state index in [-0.39, 0.29) is 11.9 Å². The van der Waals surface area contributed by atoms with Crippen molar-refractivity contribution in [3.63, 3.8) is 0 Å². The Morgan fingerprint density at radius 2 is 2.64 bits per heavy atom. The molecule has 4 nitrogen and oxygen atoms in total. The number of rotatable bonds is 3. The van der Waals surface area contributed by atoms with Crippen molar-refractivity contribution >= 4 is 12.2 Å². The lowest BCUT2D eigenvalue weighted by Gasteiger charge is -1.93. The van der Waals surface area contributed by atoms with Gasteiger partial charge in [0.15, 0.2) is 0 Å². The summed E-state index contributed by atoms with van der Waals surface area (Å²) in [4.78, 5) is 10.8. The number of oxime groups is 1. The van der Waals surface area contributed by atoms with Crippen LogP contribution in [0.5, 0.6) is 0 Å². The molecule has 0 heterocycles. The van der Waals surface area contributed by atoms with Crippen molar-refractivity contribution in [2.45, 2.75) is 12.8 Å². The average Bonchev–Trinajstić information content (AvgIpc) is 2.78. The zero-order valence-electron chi connectivity index (χ0n) is 6.36. The highest BCUT2D eigenvalue weighted by Crippen LogP contribution is 2.41. The Morgan fingerprint density at radius 3 is 3.18 bits per heavy atom. The first-order valence-electron chi connectivity index (χ1n) is 3.53. The maximum atomic E-state index is 10.8. The SMILES string of the molecule is COC(=O)C1CC1C/C=N/O. The third-order valence-electron chi connectivity index (χ3n) is 1.92. The molecule has 1 rings (SSSR count). The Kier molecular flexibility index (Phi) is 2.46. The molecule has 1 N–H and O–H groups in total. The Labute approximate surface area is 64.8 Å². The zero-order chi connectivity index (χ0) is 8.27. The van der Waals surface area contributed by atoms with E-state index in [9.17, 15) is 4.79 Å². The number of carbonyl (C=O) groups is 1. The first-order valence-corrected chi connectivity index (χ1v) is 3.53. The summed E-state index contributed by atoms with van der Waals surface area (Å²) in [5, 5.41) is 10.9. The van der Waals surface area contributed by atoms with Gasteiger partial charge in [0.05, 0.1) is 13.0 Å². The third kappa shape index (κ3) is 1.93. The molecular weight excluding hydrogens is 146 g/mol. The van der Waals surface area contributed by atoms with Gasteiger partial charge in [0.2, 0.25) is 0 Å². The van der Waals surface area contributed by atoms with Crippen LogP contribution in [-0.2, 0) is 9.53 Å². The van der Waals surface area contributed by atoms with E-state index in [0.717, 1.165) is 6.42 Å². The van der Waals surface area contributed by atoms with Gasteiger partial charge in [0, 0.05) is 6.21 Å². The van der Waals surface area contributed by atoms with E-state index < -0.39 is 0 Å². The van der Waals surface area contributed by atoms with Crippen molar-refractivity contribution < 1.29 is 14.7 Å². The molecule has 0 aromatic carbocycles. The zero-order valence-corrected chi connectivity index (χ0v) is 6.36. The minimum absolute atomic E-state index is 0.0398. The van der Waals surface area contributed by atoms with Gasteiger partial charge in [-0.15, -0.1) is 5.16 Å². The second-order valence-electron chi connectivity index (χ2n) is 2.66. The van der Waals surface area contributed by atoms with E-state index in [1.54, 1.807) is 0 Å². The van der Waals surface area contributed by atoms with Crippen molar-refractivity contribution in [3.8, 4) is 0 Å². The Balaban J connectivity index is 2.21. The summed E-state index contributed by atoms with van der Waals surface area (Å²) in [5.41, 5.74) is 0. The molecule has 1 aliphatic carbocycles. The minimum Gasteiger partial charge on any atom is -0.469 e. The number of ether oxygens (including phenoxy) is 1. The van der Waals surface area contributed by atoms with E-state index in [1.807, 2.05) is 0 Å². The highest BCUT2D eigenvalue weighted by Gasteiger charge is 2.42. The van der Waals surface area contributed by atoms with Crippen LogP contribution in [0, 0.1) is 11.8 Å². The fraction of sp³-hybridized carbons (Fsp3) is 0.714. The van der Waals surface area contributed by atoms with Crippen LogP contribution in [0.4, 0.5) is 0 Å². The topological polar surface area (TPSA) is 58.9 Å². The molecule has 0 saturated heterocycles. The fourth-order valence-electron chi connectivity index (χ4n) is 1.13. The van der Waals surface area contributed by atoms with Gasteiger partial charge in [-0.3, -0.25) is 4.79 Å². The predicted octanol–water partition coefficient (Wildman–Crippen LogP) is 0.646. The summed E-state index contributed by atoms with van der Waals surface area (Å²) in [6, 6.07) is 0. The maximum absolute atomic E-state index is 10.8. The van der Waals surface area contributed by atoms with Crippen LogP contribution >= 0.6 is 0 Å². The molecule has 2 atom stereocenters. The van der Waals surface area contributed by atoms with E-state index in [1.165, 1.54) is 13.3 Å². The second-order valence-corrected chi connectivity index (χ2v) is 2.66. The molecule has 4 heteroatoms. The lowest BCUT2D eigenvalue weighted by molar-refractivity contribution is -0.142. The van der Waals surface area contributed by atoms with Gasteiger partial charge in [-0.1, -0.05) is 0 Å². The molecule has 0 aromatic rings. The Bertz CT molecular complexity index is 179. The van der Waals surface area contributed by atoms with E-state index in [4.69, 9.17) is 5.21 Å². The average molecular weight is 157 g/mol. The molecular formula is C7H11NO3. The number of nitrogens with zero attached hydrogens (tertiary/aromatic N) is 1. The molecule has 0 bridgehead atoms. The van der Waals surface area contributed by atoms with Gasteiger partial charge in [0.25, 0.3) is 0 Å². The standard InChI is InChI=1S/C7H11NO3/c1-11-7(9)6-4-5(6)2-3-8-10/h3,5-6,10H,2,4H2,1H3/b8-3+. The Morgan fingerprint density at radius 1 is 1.91 bits per heavy atom. The summed E-state index contributed by atoms with van der Waals surface area (Å²) in [6.07, 6.45) is 2.93. The van der Waals surface area contributed by atoms with Gasteiger partial charge in [-0.2, -0.15) is 0 Å². The lowest BCUT2D eigenvalue weighted by atomic mass is 10.2. The van der Waals surface area contributed by atoms with Crippen molar-refractivity contribution in [1.29, 1.82) is 0 Å². The summed E-state index contributed by atoms with van der Waals surface area (Å²) in [7, 11) is 1.39. The van der Waals surface area contributed by atoms with Gasteiger partial charge in [-0.05, 0) is 18.8 Å². The summed E-state index contributed by atoms with van der Waals surface area (Å²) in [6.45, 7) is 0. The molecule has 1 aliphatic rings. The maximum Gasteiger partial charge on any atom is 0.308 e. The monoisotopic (exact) mass is 157 g/mol. The van der Waals surface area contributed by atoms with Crippen LogP contribution < -0.4 is 0 Å². The summed E-state index contributed by atoms with van der Waals surface area (Å²) < 4.78 is 4.54. The molecule has 0 aliphatic heterocycles. The summed E-state index contributed by atoms with van der Waals surface area (Å²) in [5.74, 6) is 0.220. The van der Waals surface area contributed by atoms with E-state index in [2.05, 4.69) is 9.89 Å².